The molecule has 10 heavy (non-hydrogen) atoms. The summed E-state index contributed by atoms with van der Waals surface area (Å²) in [5, 5.41) is 0.794. The monoisotopic (exact) mass is 157 g/mol. The van der Waals surface area contributed by atoms with Gasteiger partial charge < -0.3 is 4.74 Å². The van der Waals surface area contributed by atoms with Crippen LogP contribution in [0.4, 0.5) is 0 Å². The normalized spacial score (nSPS) is 40.8. The van der Waals surface area contributed by atoms with Crippen LogP contribution in [0.1, 0.15) is 19.3 Å². The van der Waals surface area contributed by atoms with Crippen molar-refractivity contribution in [1.29, 1.82) is 0 Å². The molecule has 2 saturated heterocycles. The fourth-order valence-corrected chi connectivity index (χ4v) is 2.97. The van der Waals surface area contributed by atoms with Gasteiger partial charge in [-0.05, 0) is 31.4 Å². The molecule has 0 aromatic heterocycles. The summed E-state index contributed by atoms with van der Waals surface area (Å²) < 4.78 is 5.56. The molecule has 0 amide bonds. The van der Waals surface area contributed by atoms with Crippen LogP contribution in [0.2, 0.25) is 0 Å². The van der Waals surface area contributed by atoms with Crippen LogP contribution in [0.5, 0.6) is 0 Å². The van der Waals surface area contributed by atoms with Gasteiger partial charge in [0.05, 0.1) is 6.10 Å². The number of hydrogen-bond donors (Lipinski definition) is 0. The first-order chi connectivity index (χ1) is 4.97. The fourth-order valence-electron chi connectivity index (χ4n) is 1.63. The van der Waals surface area contributed by atoms with Crippen LogP contribution in [-0.4, -0.2) is 23.7 Å². The smallest absolute Gasteiger partial charge is 0.0726 e. The van der Waals surface area contributed by atoms with E-state index in [1.54, 1.807) is 0 Å². The molecule has 0 bridgehead atoms. The van der Waals surface area contributed by atoms with Crippen molar-refractivity contribution in [3.63, 3.8) is 0 Å². The van der Waals surface area contributed by atoms with Gasteiger partial charge in [0.1, 0.15) is 0 Å². The lowest BCUT2D eigenvalue weighted by atomic mass is 10.1. The van der Waals surface area contributed by atoms with E-state index >= 15 is 0 Å². The van der Waals surface area contributed by atoms with Crippen LogP contribution in [0, 0.1) is 6.42 Å². The molecule has 0 aromatic rings. The van der Waals surface area contributed by atoms with E-state index in [0.717, 1.165) is 11.9 Å². The third-order valence-electron chi connectivity index (χ3n) is 2.16. The average Bonchev–Trinajstić information content (AvgIpc) is 2.59. The van der Waals surface area contributed by atoms with Crippen LogP contribution in [0.25, 0.3) is 0 Å². The van der Waals surface area contributed by atoms with Crippen LogP contribution in [-0.2, 0) is 4.74 Å². The first kappa shape index (κ1) is 6.99. The number of rotatable bonds is 1. The van der Waals surface area contributed by atoms with E-state index in [9.17, 15) is 0 Å². The predicted molar refractivity (Wildman–Crippen MR) is 44.1 cm³/mol. The summed E-state index contributed by atoms with van der Waals surface area (Å²) >= 11 is 2.08. The van der Waals surface area contributed by atoms with E-state index in [0.29, 0.717) is 6.10 Å². The Bertz CT molecular complexity index is 89.8. The highest BCUT2D eigenvalue weighted by atomic mass is 32.2. The SMILES string of the molecule is [CH]1CCOC1C1CCCS1. The molecule has 2 aliphatic heterocycles. The van der Waals surface area contributed by atoms with Gasteiger partial charge in [-0.3, -0.25) is 0 Å². The molecule has 1 nitrogen and oxygen atoms in total. The van der Waals surface area contributed by atoms with Gasteiger partial charge in [-0.1, -0.05) is 0 Å². The molecule has 2 atom stereocenters. The highest BCUT2D eigenvalue weighted by Crippen LogP contribution is 2.33. The minimum Gasteiger partial charge on any atom is -0.377 e. The first-order valence-electron chi connectivity index (χ1n) is 4.03. The van der Waals surface area contributed by atoms with E-state index in [-0.39, 0.29) is 0 Å². The molecule has 0 spiro atoms. The fraction of sp³-hybridized carbons (Fsp3) is 0.875. The second kappa shape index (κ2) is 3.14. The summed E-state index contributed by atoms with van der Waals surface area (Å²) in [4.78, 5) is 0. The summed E-state index contributed by atoms with van der Waals surface area (Å²) in [6.45, 7) is 0.960. The van der Waals surface area contributed by atoms with Crippen LogP contribution < -0.4 is 0 Å². The molecule has 0 aliphatic carbocycles. The molecule has 2 aliphatic rings. The van der Waals surface area contributed by atoms with Gasteiger partial charge >= 0.3 is 0 Å². The molecule has 2 unspecified atom stereocenters. The Balaban J connectivity index is 1.85. The first-order valence-corrected chi connectivity index (χ1v) is 5.08. The molecule has 2 heterocycles. The average molecular weight is 157 g/mol. The molecular formula is C8H13OS. The van der Waals surface area contributed by atoms with Crippen molar-refractivity contribution in [3.8, 4) is 0 Å². The Hall–Kier alpha value is 0.310. The molecule has 1 radical (unpaired) electrons. The van der Waals surface area contributed by atoms with Crippen molar-refractivity contribution < 1.29 is 4.74 Å². The minimum atomic E-state index is 0.493. The minimum absolute atomic E-state index is 0.493. The maximum absolute atomic E-state index is 5.56. The number of hydrogen-bond acceptors (Lipinski definition) is 2. The topological polar surface area (TPSA) is 9.23 Å². The Morgan fingerprint density at radius 3 is 3.10 bits per heavy atom. The summed E-state index contributed by atoms with van der Waals surface area (Å²) in [6.07, 6.45) is 6.76. The quantitative estimate of drug-likeness (QED) is 0.574. The van der Waals surface area contributed by atoms with Crippen molar-refractivity contribution in [2.45, 2.75) is 30.6 Å². The lowest BCUT2D eigenvalue weighted by Gasteiger charge is -2.15. The van der Waals surface area contributed by atoms with E-state index in [2.05, 4.69) is 18.2 Å². The van der Waals surface area contributed by atoms with Crippen molar-refractivity contribution in [3.05, 3.63) is 6.42 Å². The second-order valence-electron chi connectivity index (χ2n) is 2.91. The van der Waals surface area contributed by atoms with Crippen LogP contribution in [0.3, 0.4) is 0 Å². The van der Waals surface area contributed by atoms with Gasteiger partial charge in [0.2, 0.25) is 0 Å². The zero-order chi connectivity index (χ0) is 6.81. The summed E-state index contributed by atoms with van der Waals surface area (Å²) in [6, 6.07) is 0. The Kier molecular flexibility index (Phi) is 2.19. The second-order valence-corrected chi connectivity index (χ2v) is 4.26. The van der Waals surface area contributed by atoms with Crippen molar-refractivity contribution in [2.75, 3.05) is 12.4 Å². The van der Waals surface area contributed by atoms with Gasteiger partial charge in [-0.15, -0.1) is 0 Å². The molecule has 0 aromatic carbocycles. The van der Waals surface area contributed by atoms with Gasteiger partial charge in [0.25, 0.3) is 0 Å². The predicted octanol–water partition coefficient (Wildman–Crippen LogP) is 1.88. The Morgan fingerprint density at radius 1 is 1.50 bits per heavy atom. The molecule has 57 valence electrons. The molecule has 0 N–H and O–H groups in total. The Labute approximate surface area is 66.5 Å². The van der Waals surface area contributed by atoms with E-state index < -0.39 is 0 Å². The zero-order valence-corrected chi connectivity index (χ0v) is 6.90. The lowest BCUT2D eigenvalue weighted by molar-refractivity contribution is 0.120. The van der Waals surface area contributed by atoms with Crippen molar-refractivity contribution in [1.82, 2.24) is 0 Å². The highest BCUT2D eigenvalue weighted by Gasteiger charge is 2.28. The molecule has 2 heteroatoms. The maximum atomic E-state index is 5.56. The number of ether oxygens (including phenoxy) is 1. The summed E-state index contributed by atoms with van der Waals surface area (Å²) in [5.74, 6) is 1.35. The molecule has 0 saturated carbocycles. The summed E-state index contributed by atoms with van der Waals surface area (Å²) in [5.41, 5.74) is 0. The van der Waals surface area contributed by atoms with Crippen molar-refractivity contribution in [2.24, 2.45) is 0 Å². The number of thioether (sulfide) groups is 1. The highest BCUT2D eigenvalue weighted by molar-refractivity contribution is 8.00. The van der Waals surface area contributed by atoms with Gasteiger partial charge in [-0.2, -0.15) is 11.8 Å². The van der Waals surface area contributed by atoms with Gasteiger partial charge in [-0.25, -0.2) is 0 Å². The molecule has 2 fully saturated rings. The van der Waals surface area contributed by atoms with E-state index in [4.69, 9.17) is 4.74 Å². The Morgan fingerprint density at radius 2 is 2.50 bits per heavy atom. The van der Waals surface area contributed by atoms with E-state index in [1.165, 1.54) is 25.0 Å². The standard InChI is InChI=1S/C8H13OS/c1-3-7(9-5-1)8-4-2-6-10-8/h3,7-8H,1-2,4-6H2. The lowest BCUT2D eigenvalue weighted by Crippen LogP contribution is -2.19. The largest absolute Gasteiger partial charge is 0.377 e. The third-order valence-corrected chi connectivity index (χ3v) is 3.61. The van der Waals surface area contributed by atoms with Crippen LogP contribution >= 0.6 is 11.8 Å². The zero-order valence-electron chi connectivity index (χ0n) is 6.08. The van der Waals surface area contributed by atoms with E-state index in [1.807, 2.05) is 0 Å². The van der Waals surface area contributed by atoms with Crippen LogP contribution in [0.15, 0.2) is 0 Å². The molecular weight excluding hydrogens is 144 g/mol. The maximum Gasteiger partial charge on any atom is 0.0726 e. The van der Waals surface area contributed by atoms with Gasteiger partial charge in [0, 0.05) is 11.9 Å². The molecule has 2 rings (SSSR count). The van der Waals surface area contributed by atoms with Gasteiger partial charge in [0.15, 0.2) is 0 Å². The third kappa shape index (κ3) is 1.32. The summed E-state index contributed by atoms with van der Waals surface area (Å²) in [7, 11) is 0. The van der Waals surface area contributed by atoms with Crippen molar-refractivity contribution >= 4 is 11.8 Å².